The Hall–Kier alpha value is -1.38. The van der Waals surface area contributed by atoms with Crippen molar-refractivity contribution in [1.82, 2.24) is 0 Å². The fourth-order valence-corrected chi connectivity index (χ4v) is 0.897. The summed E-state index contributed by atoms with van der Waals surface area (Å²) in [5.74, 6) is 0.770. The second-order valence-corrected chi connectivity index (χ2v) is 2.89. The number of rotatable bonds is 2. The largest absolute Gasteiger partial charge is 0.508 e. The second-order valence-electron chi connectivity index (χ2n) is 2.89. The Kier molecular flexibility index (Phi) is 2.43. The van der Waals surface area contributed by atoms with Crippen LogP contribution in [-0.4, -0.2) is 11.2 Å². The van der Waals surface area contributed by atoms with Crippen LogP contribution in [0.15, 0.2) is 18.2 Å². The maximum atomic E-state index is 9.04. The summed E-state index contributed by atoms with van der Waals surface area (Å²) >= 11 is 0. The van der Waals surface area contributed by atoms with E-state index in [1.807, 2.05) is 13.8 Å². The van der Waals surface area contributed by atoms with E-state index >= 15 is 0 Å². The third-order valence-corrected chi connectivity index (χ3v) is 1.36. The topological polar surface area (TPSA) is 55.5 Å². The molecule has 0 bridgehead atoms. The third kappa shape index (κ3) is 2.05. The Bertz CT molecular complexity index is 271. The van der Waals surface area contributed by atoms with Crippen molar-refractivity contribution in [2.45, 2.75) is 20.0 Å². The molecule has 1 aromatic rings. The lowest BCUT2D eigenvalue weighted by atomic mass is 10.3. The molecule has 0 saturated carbocycles. The predicted molar refractivity (Wildman–Crippen MR) is 48.3 cm³/mol. The number of ether oxygens (including phenoxy) is 1. The molecule has 3 N–H and O–H groups in total. The maximum absolute atomic E-state index is 9.04. The number of hydrogen-bond donors (Lipinski definition) is 2. The van der Waals surface area contributed by atoms with Gasteiger partial charge in [0.25, 0.3) is 0 Å². The van der Waals surface area contributed by atoms with Crippen LogP contribution in [-0.2, 0) is 0 Å². The first kappa shape index (κ1) is 8.71. The smallest absolute Gasteiger partial charge is 0.142 e. The molecule has 0 radical (unpaired) electrons. The molecule has 0 saturated heterocycles. The number of phenolic OH excluding ortho intramolecular Hbond substituents is 1. The van der Waals surface area contributed by atoms with Gasteiger partial charge in [0.05, 0.1) is 11.8 Å². The zero-order valence-electron chi connectivity index (χ0n) is 7.24. The van der Waals surface area contributed by atoms with Crippen molar-refractivity contribution < 1.29 is 9.84 Å². The monoisotopic (exact) mass is 167 g/mol. The van der Waals surface area contributed by atoms with Gasteiger partial charge >= 0.3 is 0 Å². The van der Waals surface area contributed by atoms with Crippen molar-refractivity contribution >= 4 is 5.69 Å². The van der Waals surface area contributed by atoms with E-state index < -0.39 is 0 Å². The molecule has 3 heteroatoms. The third-order valence-electron chi connectivity index (χ3n) is 1.36. The molecule has 0 heterocycles. The molecule has 0 amide bonds. The van der Waals surface area contributed by atoms with Crippen LogP contribution in [0, 0.1) is 0 Å². The van der Waals surface area contributed by atoms with Gasteiger partial charge < -0.3 is 15.6 Å². The Morgan fingerprint density at radius 1 is 1.42 bits per heavy atom. The Morgan fingerprint density at radius 2 is 2.08 bits per heavy atom. The van der Waals surface area contributed by atoms with E-state index in [-0.39, 0.29) is 11.9 Å². The van der Waals surface area contributed by atoms with E-state index in [9.17, 15) is 0 Å². The molecule has 66 valence electrons. The van der Waals surface area contributed by atoms with E-state index in [4.69, 9.17) is 15.6 Å². The lowest BCUT2D eigenvalue weighted by Crippen LogP contribution is -2.07. The Morgan fingerprint density at radius 3 is 2.58 bits per heavy atom. The lowest BCUT2D eigenvalue weighted by Gasteiger charge is -2.11. The summed E-state index contributed by atoms with van der Waals surface area (Å²) in [6.45, 7) is 3.85. The minimum Gasteiger partial charge on any atom is -0.508 e. The molecule has 0 atom stereocenters. The van der Waals surface area contributed by atoms with Crippen LogP contribution >= 0.6 is 0 Å². The fourth-order valence-electron chi connectivity index (χ4n) is 0.897. The van der Waals surface area contributed by atoms with Gasteiger partial charge in [-0.05, 0) is 26.0 Å². The number of anilines is 1. The quantitative estimate of drug-likeness (QED) is 0.660. The molecule has 1 rings (SSSR count). The molecule has 0 unspecified atom stereocenters. The highest BCUT2D eigenvalue weighted by Crippen LogP contribution is 2.26. The van der Waals surface area contributed by atoms with Gasteiger partial charge in [-0.15, -0.1) is 0 Å². The number of nitrogens with two attached hydrogens (primary N) is 1. The molecule has 3 nitrogen and oxygen atoms in total. The average molecular weight is 167 g/mol. The molecule has 12 heavy (non-hydrogen) atoms. The Labute approximate surface area is 71.8 Å². The van der Waals surface area contributed by atoms with Gasteiger partial charge in [-0.2, -0.15) is 0 Å². The molecule has 0 fully saturated rings. The molecule has 0 aromatic heterocycles. The molecule has 0 spiro atoms. The van der Waals surface area contributed by atoms with E-state index in [1.165, 1.54) is 6.07 Å². The van der Waals surface area contributed by atoms with Crippen LogP contribution in [0.5, 0.6) is 11.5 Å². The van der Waals surface area contributed by atoms with Crippen molar-refractivity contribution in [3.05, 3.63) is 18.2 Å². The van der Waals surface area contributed by atoms with E-state index in [2.05, 4.69) is 0 Å². The molecule has 1 aromatic carbocycles. The number of nitrogen functional groups attached to an aromatic ring is 1. The van der Waals surface area contributed by atoms with Crippen LogP contribution in [0.3, 0.4) is 0 Å². The van der Waals surface area contributed by atoms with Gasteiger partial charge in [0, 0.05) is 6.07 Å². The van der Waals surface area contributed by atoms with Crippen molar-refractivity contribution in [3.8, 4) is 11.5 Å². The second kappa shape index (κ2) is 3.34. The van der Waals surface area contributed by atoms with Gasteiger partial charge in [0.15, 0.2) is 0 Å². The van der Waals surface area contributed by atoms with E-state index in [0.717, 1.165) is 0 Å². The molecule has 0 aliphatic rings. The van der Waals surface area contributed by atoms with Crippen LogP contribution in [0.4, 0.5) is 5.69 Å². The Balaban J connectivity index is 2.86. The molecule has 0 aliphatic heterocycles. The van der Waals surface area contributed by atoms with Crippen LogP contribution in [0.2, 0.25) is 0 Å². The van der Waals surface area contributed by atoms with E-state index in [0.29, 0.717) is 11.4 Å². The van der Waals surface area contributed by atoms with Gasteiger partial charge in [-0.3, -0.25) is 0 Å². The standard InChI is InChI=1S/C9H13NO2/c1-6(2)12-9-4-3-7(11)5-8(9)10/h3-6,11H,10H2,1-2H3. The number of benzene rings is 1. The summed E-state index contributed by atoms with van der Waals surface area (Å²) in [6, 6.07) is 4.68. The van der Waals surface area contributed by atoms with Crippen molar-refractivity contribution in [2.24, 2.45) is 0 Å². The van der Waals surface area contributed by atoms with Crippen LogP contribution in [0.25, 0.3) is 0 Å². The SMILES string of the molecule is CC(C)Oc1ccc(O)cc1N. The molecular formula is C9H13NO2. The first-order valence-corrected chi connectivity index (χ1v) is 3.84. The zero-order chi connectivity index (χ0) is 9.14. The maximum Gasteiger partial charge on any atom is 0.142 e. The van der Waals surface area contributed by atoms with Gasteiger partial charge in [-0.1, -0.05) is 0 Å². The van der Waals surface area contributed by atoms with Crippen molar-refractivity contribution in [1.29, 1.82) is 0 Å². The summed E-state index contributed by atoms with van der Waals surface area (Å²) < 4.78 is 5.36. The predicted octanol–water partition coefficient (Wildman–Crippen LogP) is 1.76. The lowest BCUT2D eigenvalue weighted by molar-refractivity contribution is 0.243. The first-order chi connectivity index (χ1) is 5.59. The van der Waals surface area contributed by atoms with Gasteiger partial charge in [0.2, 0.25) is 0 Å². The van der Waals surface area contributed by atoms with Crippen LogP contribution < -0.4 is 10.5 Å². The zero-order valence-corrected chi connectivity index (χ0v) is 7.24. The highest BCUT2D eigenvalue weighted by atomic mass is 16.5. The number of hydrogen-bond acceptors (Lipinski definition) is 3. The number of aromatic hydroxyl groups is 1. The van der Waals surface area contributed by atoms with Crippen LogP contribution in [0.1, 0.15) is 13.8 Å². The first-order valence-electron chi connectivity index (χ1n) is 3.84. The van der Waals surface area contributed by atoms with Crippen molar-refractivity contribution in [3.63, 3.8) is 0 Å². The average Bonchev–Trinajstić information content (AvgIpc) is 1.94. The van der Waals surface area contributed by atoms with Gasteiger partial charge in [-0.25, -0.2) is 0 Å². The summed E-state index contributed by atoms with van der Waals surface area (Å²) in [6.07, 6.45) is 0.0943. The fraction of sp³-hybridized carbons (Fsp3) is 0.333. The summed E-state index contributed by atoms with van der Waals surface area (Å²) in [4.78, 5) is 0. The normalized spacial score (nSPS) is 10.2. The minimum atomic E-state index is 0.0943. The minimum absolute atomic E-state index is 0.0943. The summed E-state index contributed by atoms with van der Waals surface area (Å²) in [5.41, 5.74) is 6.05. The molecule has 0 aliphatic carbocycles. The summed E-state index contributed by atoms with van der Waals surface area (Å²) in [5, 5.41) is 9.04. The highest BCUT2D eigenvalue weighted by Gasteiger charge is 2.02. The van der Waals surface area contributed by atoms with Gasteiger partial charge in [0.1, 0.15) is 11.5 Å². The van der Waals surface area contributed by atoms with Crippen molar-refractivity contribution in [2.75, 3.05) is 5.73 Å². The summed E-state index contributed by atoms with van der Waals surface area (Å²) in [7, 11) is 0. The highest BCUT2D eigenvalue weighted by molar-refractivity contribution is 5.55. The number of phenols is 1. The van der Waals surface area contributed by atoms with E-state index in [1.54, 1.807) is 12.1 Å². The molecular weight excluding hydrogens is 154 g/mol.